The Morgan fingerprint density at radius 2 is 1.80 bits per heavy atom. The molecule has 30 heavy (non-hydrogen) atoms. The van der Waals surface area contributed by atoms with Gasteiger partial charge < -0.3 is 19.9 Å². The fourth-order valence-electron chi connectivity index (χ4n) is 5.57. The molecule has 4 aliphatic rings. The van der Waals surface area contributed by atoms with E-state index in [4.69, 9.17) is 9.73 Å². The van der Waals surface area contributed by atoms with Gasteiger partial charge in [0.05, 0.1) is 18.8 Å². The van der Waals surface area contributed by atoms with Gasteiger partial charge in [0.2, 0.25) is 5.91 Å². The maximum Gasteiger partial charge on any atom is 0.222 e. The minimum Gasteiger partial charge on any atom is -0.374 e. The molecule has 1 aromatic rings. The quantitative estimate of drug-likeness (QED) is 0.366. The summed E-state index contributed by atoms with van der Waals surface area (Å²) in [7, 11) is 0. The first kappa shape index (κ1) is 21.9. The lowest BCUT2D eigenvalue weighted by Gasteiger charge is -2.23. The van der Waals surface area contributed by atoms with Crippen LogP contribution in [0, 0.1) is 11.8 Å². The fourth-order valence-corrected chi connectivity index (χ4v) is 5.57. The minimum absolute atomic E-state index is 0. The van der Waals surface area contributed by atoms with Crippen molar-refractivity contribution >= 4 is 35.8 Å². The predicted molar refractivity (Wildman–Crippen MR) is 128 cm³/mol. The van der Waals surface area contributed by atoms with Crippen molar-refractivity contribution in [1.29, 1.82) is 0 Å². The number of nitrogens with zero attached hydrogens (tertiary/aromatic N) is 3. The molecular weight excluding hydrogens is 491 g/mol. The number of rotatable bonds is 5. The van der Waals surface area contributed by atoms with Crippen molar-refractivity contribution < 1.29 is 9.53 Å². The molecule has 164 valence electrons. The molecule has 4 fully saturated rings. The van der Waals surface area contributed by atoms with Crippen LogP contribution in [0.15, 0.2) is 29.3 Å². The predicted octanol–water partition coefficient (Wildman–Crippen LogP) is 3.00. The van der Waals surface area contributed by atoms with Crippen molar-refractivity contribution in [3.05, 3.63) is 35.4 Å². The van der Waals surface area contributed by atoms with Crippen LogP contribution in [0.1, 0.15) is 43.7 Å². The van der Waals surface area contributed by atoms with Gasteiger partial charge in [0.1, 0.15) is 0 Å². The number of hydrogen-bond acceptors (Lipinski definition) is 3. The maximum atomic E-state index is 11.8. The first-order valence-corrected chi connectivity index (χ1v) is 11.3. The molecule has 0 aliphatic carbocycles. The number of carbonyl (C=O) groups excluding carboxylic acids is 1. The van der Waals surface area contributed by atoms with E-state index in [-0.39, 0.29) is 29.9 Å². The van der Waals surface area contributed by atoms with Gasteiger partial charge in [0, 0.05) is 51.0 Å². The molecule has 6 nitrogen and oxygen atoms in total. The number of aliphatic imine (C=N–C) groups is 1. The van der Waals surface area contributed by atoms with E-state index in [0.29, 0.717) is 37.0 Å². The van der Waals surface area contributed by atoms with E-state index in [1.807, 2.05) is 4.90 Å². The molecule has 5 rings (SSSR count). The number of guanidine groups is 1. The van der Waals surface area contributed by atoms with Crippen LogP contribution in [0.3, 0.4) is 0 Å². The molecule has 0 radical (unpaired) electrons. The summed E-state index contributed by atoms with van der Waals surface area (Å²) in [5.74, 6) is 2.69. The highest BCUT2D eigenvalue weighted by Crippen LogP contribution is 2.47. The van der Waals surface area contributed by atoms with Crippen LogP contribution in [-0.4, -0.2) is 60.1 Å². The lowest BCUT2D eigenvalue weighted by molar-refractivity contribution is -0.128. The zero-order chi connectivity index (χ0) is 19.8. The molecule has 1 amide bonds. The second-order valence-corrected chi connectivity index (χ2v) is 8.93. The van der Waals surface area contributed by atoms with Crippen molar-refractivity contribution in [2.24, 2.45) is 16.8 Å². The second kappa shape index (κ2) is 9.42. The summed E-state index contributed by atoms with van der Waals surface area (Å²) in [6, 6.07) is 8.57. The summed E-state index contributed by atoms with van der Waals surface area (Å²) in [6.07, 6.45) is 5.13. The Balaban J connectivity index is 0.00000218. The number of likely N-dealkylation sites (tertiary alicyclic amines) is 2. The average molecular weight is 524 g/mol. The van der Waals surface area contributed by atoms with Gasteiger partial charge in [0.15, 0.2) is 5.96 Å². The zero-order valence-corrected chi connectivity index (χ0v) is 20.1. The highest BCUT2D eigenvalue weighted by molar-refractivity contribution is 14.0. The number of ether oxygens (including phenoxy) is 1. The summed E-state index contributed by atoms with van der Waals surface area (Å²) in [5.41, 5.74) is 2.41. The molecule has 1 N–H and O–H groups in total. The number of carbonyl (C=O) groups is 1. The van der Waals surface area contributed by atoms with Crippen molar-refractivity contribution in [3.63, 3.8) is 0 Å². The highest BCUT2D eigenvalue weighted by atomic mass is 127. The Hall–Kier alpha value is -1.35. The molecule has 4 atom stereocenters. The van der Waals surface area contributed by atoms with Crippen LogP contribution in [0.2, 0.25) is 0 Å². The summed E-state index contributed by atoms with van der Waals surface area (Å²) >= 11 is 0. The summed E-state index contributed by atoms with van der Waals surface area (Å²) in [6.45, 7) is 7.46. The van der Waals surface area contributed by atoms with E-state index in [0.717, 1.165) is 45.1 Å². The lowest BCUT2D eigenvalue weighted by Crippen LogP contribution is -2.41. The van der Waals surface area contributed by atoms with Gasteiger partial charge in [-0.15, -0.1) is 24.0 Å². The van der Waals surface area contributed by atoms with Crippen molar-refractivity contribution in [2.45, 2.75) is 57.9 Å². The Bertz CT molecular complexity index is 766. The summed E-state index contributed by atoms with van der Waals surface area (Å²) < 4.78 is 6.11. The van der Waals surface area contributed by atoms with E-state index >= 15 is 0 Å². The zero-order valence-electron chi connectivity index (χ0n) is 17.8. The molecule has 0 aromatic heterocycles. The Morgan fingerprint density at radius 1 is 1.13 bits per heavy atom. The molecule has 4 aliphatic heterocycles. The molecule has 4 heterocycles. The Labute approximate surface area is 196 Å². The van der Waals surface area contributed by atoms with Crippen molar-refractivity contribution in [2.75, 3.05) is 26.2 Å². The first-order chi connectivity index (χ1) is 14.2. The number of fused-ring (bicyclic) bond motifs is 5. The number of halogens is 1. The minimum atomic E-state index is 0. The third-order valence-corrected chi connectivity index (χ3v) is 7.07. The standard InChI is InChI=1S/C23H32N4O2.HI/c1-2-24-23(27-14-18-19(15-27)21-10-9-20(18)29-21)25-12-16-5-7-17(8-6-16)13-26-11-3-4-22(26)28;/h5-8,18-21H,2-4,9-15H2,1H3,(H,24,25);1H. The van der Waals surface area contributed by atoms with E-state index in [1.54, 1.807) is 0 Å². The van der Waals surface area contributed by atoms with E-state index < -0.39 is 0 Å². The molecule has 0 saturated carbocycles. The smallest absolute Gasteiger partial charge is 0.222 e. The van der Waals surface area contributed by atoms with Gasteiger partial charge in [-0.1, -0.05) is 24.3 Å². The van der Waals surface area contributed by atoms with Crippen LogP contribution < -0.4 is 5.32 Å². The SMILES string of the molecule is CCNC(=NCc1ccc(CN2CCCC2=O)cc1)N1CC2C3CCC(O3)C2C1.I. The van der Waals surface area contributed by atoms with E-state index in [9.17, 15) is 4.79 Å². The lowest BCUT2D eigenvalue weighted by atomic mass is 9.82. The summed E-state index contributed by atoms with van der Waals surface area (Å²) in [4.78, 5) is 21.2. The van der Waals surface area contributed by atoms with Crippen molar-refractivity contribution in [3.8, 4) is 0 Å². The normalized spacial score (nSPS) is 30.0. The van der Waals surface area contributed by atoms with Crippen LogP contribution in [-0.2, 0) is 22.6 Å². The number of amides is 1. The third kappa shape index (κ3) is 4.33. The fraction of sp³-hybridized carbons (Fsp3) is 0.652. The van der Waals surface area contributed by atoms with Gasteiger partial charge in [-0.25, -0.2) is 4.99 Å². The van der Waals surface area contributed by atoms with Gasteiger partial charge in [-0.2, -0.15) is 0 Å². The van der Waals surface area contributed by atoms with Gasteiger partial charge in [-0.3, -0.25) is 4.79 Å². The van der Waals surface area contributed by atoms with Gasteiger partial charge in [0.25, 0.3) is 0 Å². The first-order valence-electron chi connectivity index (χ1n) is 11.3. The molecule has 4 saturated heterocycles. The molecule has 1 aromatic carbocycles. The topological polar surface area (TPSA) is 57.2 Å². The molecule has 7 heteroatoms. The molecule has 0 spiro atoms. The summed E-state index contributed by atoms with van der Waals surface area (Å²) in [5, 5.41) is 3.49. The van der Waals surface area contributed by atoms with E-state index in [2.05, 4.69) is 41.4 Å². The van der Waals surface area contributed by atoms with Crippen LogP contribution in [0.25, 0.3) is 0 Å². The van der Waals surface area contributed by atoms with Crippen LogP contribution in [0.5, 0.6) is 0 Å². The van der Waals surface area contributed by atoms with Crippen molar-refractivity contribution in [1.82, 2.24) is 15.1 Å². The molecule has 2 bridgehead atoms. The van der Waals surface area contributed by atoms with Crippen LogP contribution in [0.4, 0.5) is 0 Å². The average Bonchev–Trinajstić information content (AvgIpc) is 3.50. The highest BCUT2D eigenvalue weighted by Gasteiger charge is 2.53. The monoisotopic (exact) mass is 524 g/mol. The number of hydrogen-bond donors (Lipinski definition) is 1. The second-order valence-electron chi connectivity index (χ2n) is 8.93. The molecular formula is C23H33IN4O2. The van der Waals surface area contributed by atoms with E-state index in [1.165, 1.54) is 24.0 Å². The van der Waals surface area contributed by atoms with Gasteiger partial charge >= 0.3 is 0 Å². The number of nitrogens with one attached hydrogen (secondary N) is 1. The number of benzene rings is 1. The maximum absolute atomic E-state index is 11.8. The van der Waals surface area contributed by atoms with Crippen LogP contribution >= 0.6 is 24.0 Å². The Morgan fingerprint density at radius 3 is 2.40 bits per heavy atom. The molecule has 4 unspecified atom stereocenters. The Kier molecular flexibility index (Phi) is 6.87. The largest absolute Gasteiger partial charge is 0.374 e. The van der Waals surface area contributed by atoms with Gasteiger partial charge in [-0.05, 0) is 37.3 Å². The third-order valence-electron chi connectivity index (χ3n) is 7.07.